The molecular formula is C14H22N2OS. The van der Waals surface area contributed by atoms with Crippen LogP contribution in [0.3, 0.4) is 0 Å². The van der Waals surface area contributed by atoms with Gasteiger partial charge in [-0.1, -0.05) is 6.92 Å². The molecule has 1 fully saturated rings. The van der Waals surface area contributed by atoms with Gasteiger partial charge in [-0.05, 0) is 44.3 Å². The molecule has 0 spiro atoms. The predicted octanol–water partition coefficient (Wildman–Crippen LogP) is 2.61. The van der Waals surface area contributed by atoms with Crippen molar-refractivity contribution in [1.29, 1.82) is 0 Å². The van der Waals surface area contributed by atoms with Crippen molar-refractivity contribution in [1.82, 2.24) is 9.80 Å². The lowest BCUT2D eigenvalue weighted by atomic mass is 10.1. The number of hydrogen-bond donors (Lipinski definition) is 0. The molecule has 1 aromatic rings. The van der Waals surface area contributed by atoms with Crippen molar-refractivity contribution in [2.75, 3.05) is 19.6 Å². The molecule has 0 unspecified atom stereocenters. The summed E-state index contributed by atoms with van der Waals surface area (Å²) in [5.74, 6) is 0.206. The lowest BCUT2D eigenvalue weighted by Gasteiger charge is -2.43. The van der Waals surface area contributed by atoms with Crippen molar-refractivity contribution in [3.05, 3.63) is 21.9 Å². The fourth-order valence-electron chi connectivity index (χ4n) is 2.64. The number of thiophene rings is 1. The van der Waals surface area contributed by atoms with Crippen LogP contribution < -0.4 is 0 Å². The van der Waals surface area contributed by atoms with Crippen LogP contribution in [-0.2, 0) is 0 Å². The first-order valence-corrected chi connectivity index (χ1v) is 7.51. The van der Waals surface area contributed by atoms with Crippen LogP contribution in [0.2, 0.25) is 0 Å². The quantitative estimate of drug-likeness (QED) is 0.821. The van der Waals surface area contributed by atoms with Crippen molar-refractivity contribution in [3.63, 3.8) is 0 Å². The Morgan fingerprint density at radius 2 is 2.11 bits per heavy atom. The van der Waals surface area contributed by atoms with Gasteiger partial charge in [0.1, 0.15) is 0 Å². The van der Waals surface area contributed by atoms with Gasteiger partial charge in [-0.3, -0.25) is 9.69 Å². The second kappa shape index (κ2) is 5.41. The highest BCUT2D eigenvalue weighted by Crippen LogP contribution is 2.22. The van der Waals surface area contributed by atoms with E-state index in [-0.39, 0.29) is 5.91 Å². The predicted molar refractivity (Wildman–Crippen MR) is 76.3 cm³/mol. The molecule has 1 amide bonds. The number of nitrogens with zero attached hydrogens (tertiary/aromatic N) is 2. The third-order valence-electron chi connectivity index (χ3n) is 3.84. The number of hydrogen-bond acceptors (Lipinski definition) is 3. The molecule has 1 saturated heterocycles. The van der Waals surface area contributed by atoms with Gasteiger partial charge >= 0.3 is 0 Å². The van der Waals surface area contributed by atoms with Gasteiger partial charge in [0.15, 0.2) is 0 Å². The lowest BCUT2D eigenvalue weighted by molar-refractivity contribution is 0.0339. The maximum absolute atomic E-state index is 12.6. The van der Waals surface area contributed by atoms with Crippen LogP contribution in [0.15, 0.2) is 11.4 Å². The Bertz CT molecular complexity index is 429. The van der Waals surface area contributed by atoms with E-state index in [0.717, 1.165) is 30.1 Å². The van der Waals surface area contributed by atoms with Crippen molar-refractivity contribution in [2.24, 2.45) is 0 Å². The molecule has 4 heteroatoms. The molecule has 18 heavy (non-hydrogen) atoms. The molecule has 3 nitrogen and oxygen atoms in total. The Hall–Kier alpha value is -0.870. The van der Waals surface area contributed by atoms with Gasteiger partial charge < -0.3 is 4.90 Å². The number of carbonyl (C=O) groups is 1. The van der Waals surface area contributed by atoms with Crippen LogP contribution in [0.1, 0.15) is 36.0 Å². The Morgan fingerprint density at radius 1 is 1.39 bits per heavy atom. The minimum atomic E-state index is 0.206. The minimum absolute atomic E-state index is 0.206. The van der Waals surface area contributed by atoms with Crippen molar-refractivity contribution < 1.29 is 4.79 Å². The smallest absolute Gasteiger partial charge is 0.264 e. The van der Waals surface area contributed by atoms with E-state index in [9.17, 15) is 4.79 Å². The summed E-state index contributed by atoms with van der Waals surface area (Å²) in [7, 11) is 0. The molecule has 2 heterocycles. The Balaban J connectivity index is 2.14. The zero-order chi connectivity index (χ0) is 13.3. The van der Waals surface area contributed by atoms with Gasteiger partial charge in [0, 0.05) is 25.2 Å². The number of amides is 1. The van der Waals surface area contributed by atoms with Crippen LogP contribution in [0.25, 0.3) is 0 Å². The Labute approximate surface area is 113 Å². The van der Waals surface area contributed by atoms with Crippen LogP contribution in [-0.4, -0.2) is 47.4 Å². The van der Waals surface area contributed by atoms with Gasteiger partial charge in [-0.2, -0.15) is 0 Å². The van der Waals surface area contributed by atoms with E-state index < -0.39 is 0 Å². The number of aryl methyl sites for hydroxylation is 1. The second-order valence-electron chi connectivity index (χ2n) is 5.18. The average Bonchev–Trinajstić information content (AvgIpc) is 2.77. The first-order chi connectivity index (χ1) is 8.54. The number of rotatable bonds is 2. The van der Waals surface area contributed by atoms with Gasteiger partial charge in [0.2, 0.25) is 0 Å². The topological polar surface area (TPSA) is 23.6 Å². The summed E-state index contributed by atoms with van der Waals surface area (Å²) in [5, 5.41) is 2.00. The maximum Gasteiger partial charge on any atom is 0.264 e. The van der Waals surface area contributed by atoms with E-state index in [4.69, 9.17) is 0 Å². The monoisotopic (exact) mass is 266 g/mol. The summed E-state index contributed by atoms with van der Waals surface area (Å²) in [5.41, 5.74) is 1.10. The highest BCUT2D eigenvalue weighted by Gasteiger charge is 2.32. The summed E-state index contributed by atoms with van der Waals surface area (Å²) in [6.45, 7) is 11.4. The van der Waals surface area contributed by atoms with Gasteiger partial charge in [0.05, 0.1) is 4.88 Å². The van der Waals surface area contributed by atoms with E-state index in [1.807, 2.05) is 23.3 Å². The molecule has 1 aromatic heterocycles. The Morgan fingerprint density at radius 3 is 2.67 bits per heavy atom. The van der Waals surface area contributed by atoms with Crippen molar-refractivity contribution >= 4 is 17.2 Å². The molecule has 100 valence electrons. The average molecular weight is 266 g/mol. The summed E-state index contributed by atoms with van der Waals surface area (Å²) < 4.78 is 0. The van der Waals surface area contributed by atoms with Crippen molar-refractivity contribution in [3.8, 4) is 0 Å². The lowest BCUT2D eigenvalue weighted by Crippen LogP contribution is -2.57. The van der Waals surface area contributed by atoms with E-state index >= 15 is 0 Å². The van der Waals surface area contributed by atoms with E-state index in [1.165, 1.54) is 0 Å². The first-order valence-electron chi connectivity index (χ1n) is 6.63. The highest BCUT2D eigenvalue weighted by atomic mass is 32.1. The number of piperazine rings is 1. The largest absolute Gasteiger partial charge is 0.332 e. The minimum Gasteiger partial charge on any atom is -0.332 e. The summed E-state index contributed by atoms with van der Waals surface area (Å²) in [6.07, 6.45) is 0. The fraction of sp³-hybridized carbons (Fsp3) is 0.643. The molecule has 0 N–H and O–H groups in total. The van der Waals surface area contributed by atoms with E-state index in [0.29, 0.717) is 12.1 Å². The molecule has 0 aromatic carbocycles. The summed E-state index contributed by atoms with van der Waals surface area (Å²) in [6, 6.07) is 2.78. The zero-order valence-electron chi connectivity index (χ0n) is 11.6. The molecular weight excluding hydrogens is 244 g/mol. The molecule has 2 rings (SSSR count). The second-order valence-corrected chi connectivity index (χ2v) is 6.09. The summed E-state index contributed by atoms with van der Waals surface area (Å²) >= 11 is 1.56. The standard InChI is InChI=1S/C14H22N2OS/c1-5-15-8-12(4)16(9-11(15)3)14(17)13-10(2)6-7-18-13/h6-7,11-12H,5,8-9H2,1-4H3/t11-,12-/m0/s1. The van der Waals surface area contributed by atoms with Crippen LogP contribution >= 0.6 is 11.3 Å². The molecule has 0 radical (unpaired) electrons. The third kappa shape index (κ3) is 2.45. The van der Waals surface area contributed by atoms with Gasteiger partial charge in [-0.15, -0.1) is 11.3 Å². The first kappa shape index (κ1) is 13.6. The van der Waals surface area contributed by atoms with E-state index in [2.05, 4.69) is 25.7 Å². The van der Waals surface area contributed by atoms with Crippen LogP contribution in [0, 0.1) is 6.92 Å². The van der Waals surface area contributed by atoms with Gasteiger partial charge in [-0.25, -0.2) is 0 Å². The maximum atomic E-state index is 12.6. The van der Waals surface area contributed by atoms with Gasteiger partial charge in [0.25, 0.3) is 5.91 Å². The SMILES string of the molecule is CCN1C[C@H](C)N(C(=O)c2sccc2C)C[C@@H]1C. The molecule has 1 aliphatic heterocycles. The van der Waals surface area contributed by atoms with Crippen LogP contribution in [0.5, 0.6) is 0 Å². The normalized spacial score (nSPS) is 25.4. The van der Waals surface area contributed by atoms with E-state index in [1.54, 1.807) is 11.3 Å². The summed E-state index contributed by atoms with van der Waals surface area (Å²) in [4.78, 5) is 17.9. The molecule has 0 saturated carbocycles. The number of carbonyl (C=O) groups excluding carboxylic acids is 1. The fourth-order valence-corrected chi connectivity index (χ4v) is 3.52. The molecule has 0 aliphatic carbocycles. The number of likely N-dealkylation sites (N-methyl/N-ethyl adjacent to an activating group) is 1. The molecule has 1 aliphatic rings. The van der Waals surface area contributed by atoms with Crippen molar-refractivity contribution in [2.45, 2.75) is 39.8 Å². The highest BCUT2D eigenvalue weighted by molar-refractivity contribution is 7.12. The Kier molecular flexibility index (Phi) is 4.07. The zero-order valence-corrected chi connectivity index (χ0v) is 12.5. The van der Waals surface area contributed by atoms with Crippen LogP contribution in [0.4, 0.5) is 0 Å². The molecule has 2 atom stereocenters. The molecule has 0 bridgehead atoms. The third-order valence-corrected chi connectivity index (χ3v) is 4.84.